The van der Waals surface area contributed by atoms with Crippen molar-refractivity contribution in [1.82, 2.24) is 9.88 Å². The first kappa shape index (κ1) is 22.9. The molecule has 0 aliphatic carbocycles. The maximum atomic E-state index is 12.3. The van der Waals surface area contributed by atoms with Gasteiger partial charge in [-0.3, -0.25) is 4.79 Å². The molecule has 0 unspecified atom stereocenters. The van der Waals surface area contributed by atoms with E-state index in [0.717, 1.165) is 22.6 Å². The van der Waals surface area contributed by atoms with Gasteiger partial charge in [0.05, 0.1) is 12.2 Å². The van der Waals surface area contributed by atoms with Crippen molar-refractivity contribution in [2.75, 3.05) is 26.9 Å². The minimum atomic E-state index is -0.405. The molecule has 0 atom stereocenters. The molecule has 0 bridgehead atoms. The monoisotopic (exact) mass is 409 g/mol. The number of nitrogens with one attached hydrogen (secondary N) is 1. The maximum absolute atomic E-state index is 12.3. The zero-order chi connectivity index (χ0) is 22.1. The standard InChI is InChI=1S/C23H27N3O4/c1-5-30-23(28)18-7-9-21(10-8-18)26-16(2)13-19(17(26)3)14-20(15-24)22(27)25-11-6-12-29-4/h7-10,13-14H,5-6,11-12H2,1-4H3,(H,25,27)/b20-14+. The van der Waals surface area contributed by atoms with Gasteiger partial charge in [0, 0.05) is 37.3 Å². The van der Waals surface area contributed by atoms with Crippen LogP contribution in [0.15, 0.2) is 35.9 Å². The number of carbonyl (C=O) groups is 2. The van der Waals surface area contributed by atoms with Crippen LogP contribution < -0.4 is 5.32 Å². The van der Waals surface area contributed by atoms with Crippen LogP contribution in [0.4, 0.5) is 0 Å². The molecule has 0 radical (unpaired) electrons. The lowest BCUT2D eigenvalue weighted by molar-refractivity contribution is -0.117. The van der Waals surface area contributed by atoms with Crippen molar-refractivity contribution in [3.8, 4) is 11.8 Å². The number of hydrogen-bond donors (Lipinski definition) is 1. The maximum Gasteiger partial charge on any atom is 0.338 e. The highest BCUT2D eigenvalue weighted by molar-refractivity contribution is 6.01. The van der Waals surface area contributed by atoms with Gasteiger partial charge in [0.2, 0.25) is 0 Å². The van der Waals surface area contributed by atoms with Crippen LogP contribution >= 0.6 is 0 Å². The SMILES string of the molecule is CCOC(=O)c1ccc(-n2c(C)cc(/C=C(\C#N)C(=O)NCCCOC)c2C)cc1. The molecule has 0 fully saturated rings. The first-order valence-corrected chi connectivity index (χ1v) is 9.78. The Balaban J connectivity index is 2.26. The molecular weight excluding hydrogens is 382 g/mol. The third-order valence-electron chi connectivity index (χ3n) is 4.58. The summed E-state index contributed by atoms with van der Waals surface area (Å²) >= 11 is 0. The van der Waals surface area contributed by atoms with Crippen LogP contribution in [0, 0.1) is 25.2 Å². The average molecular weight is 409 g/mol. The second kappa shape index (κ2) is 11.0. The predicted octanol–water partition coefficient (Wildman–Crippen LogP) is 3.33. The molecule has 158 valence electrons. The van der Waals surface area contributed by atoms with Crippen LogP contribution in [0.3, 0.4) is 0 Å². The van der Waals surface area contributed by atoms with Gasteiger partial charge in [0.15, 0.2) is 0 Å². The van der Waals surface area contributed by atoms with Gasteiger partial charge in [-0.15, -0.1) is 0 Å². The van der Waals surface area contributed by atoms with E-state index in [9.17, 15) is 14.9 Å². The van der Waals surface area contributed by atoms with Crippen molar-refractivity contribution in [3.63, 3.8) is 0 Å². The smallest absolute Gasteiger partial charge is 0.338 e. The number of methoxy groups -OCH3 is 1. The summed E-state index contributed by atoms with van der Waals surface area (Å²) in [4.78, 5) is 24.1. The summed E-state index contributed by atoms with van der Waals surface area (Å²) in [6.45, 7) is 6.94. The van der Waals surface area contributed by atoms with E-state index in [4.69, 9.17) is 9.47 Å². The van der Waals surface area contributed by atoms with E-state index in [1.807, 2.05) is 42.7 Å². The summed E-state index contributed by atoms with van der Waals surface area (Å²) in [5.41, 5.74) is 4.02. The Kier molecular flexibility index (Phi) is 8.39. The van der Waals surface area contributed by atoms with Gasteiger partial charge >= 0.3 is 5.97 Å². The third kappa shape index (κ3) is 5.58. The van der Waals surface area contributed by atoms with E-state index in [-0.39, 0.29) is 11.5 Å². The van der Waals surface area contributed by atoms with Gasteiger partial charge in [-0.2, -0.15) is 5.26 Å². The van der Waals surface area contributed by atoms with Crippen molar-refractivity contribution in [2.24, 2.45) is 0 Å². The molecule has 1 aromatic carbocycles. The lowest BCUT2D eigenvalue weighted by Crippen LogP contribution is -2.26. The number of rotatable bonds is 9. The first-order chi connectivity index (χ1) is 14.4. The van der Waals surface area contributed by atoms with Gasteiger partial charge in [-0.1, -0.05) is 0 Å². The number of aromatic nitrogens is 1. The van der Waals surface area contributed by atoms with E-state index in [1.165, 1.54) is 0 Å². The second-order valence-electron chi connectivity index (χ2n) is 6.70. The Morgan fingerprint density at radius 1 is 1.23 bits per heavy atom. The zero-order valence-corrected chi connectivity index (χ0v) is 17.8. The lowest BCUT2D eigenvalue weighted by Gasteiger charge is -2.10. The molecule has 1 aromatic heterocycles. The van der Waals surface area contributed by atoms with Gasteiger partial charge in [-0.25, -0.2) is 4.79 Å². The highest BCUT2D eigenvalue weighted by Gasteiger charge is 2.14. The number of aryl methyl sites for hydroxylation is 1. The van der Waals surface area contributed by atoms with Crippen molar-refractivity contribution in [3.05, 3.63) is 58.4 Å². The van der Waals surface area contributed by atoms with Crippen LogP contribution in [0.5, 0.6) is 0 Å². The van der Waals surface area contributed by atoms with Crippen LogP contribution in [-0.4, -0.2) is 43.3 Å². The molecule has 1 heterocycles. The highest BCUT2D eigenvalue weighted by atomic mass is 16.5. The fourth-order valence-electron chi connectivity index (χ4n) is 3.11. The highest BCUT2D eigenvalue weighted by Crippen LogP contribution is 2.23. The number of ether oxygens (including phenoxy) is 2. The van der Waals surface area contributed by atoms with E-state index in [1.54, 1.807) is 32.2 Å². The number of nitriles is 1. The molecule has 1 amide bonds. The molecular formula is C23H27N3O4. The number of amides is 1. The molecule has 0 aliphatic heterocycles. The normalized spacial score (nSPS) is 11.1. The molecule has 7 heteroatoms. The molecule has 2 rings (SSSR count). The molecule has 0 saturated heterocycles. The summed E-state index contributed by atoms with van der Waals surface area (Å²) in [6, 6.07) is 11.0. The second-order valence-corrected chi connectivity index (χ2v) is 6.70. The summed E-state index contributed by atoms with van der Waals surface area (Å²) in [6.07, 6.45) is 2.27. The molecule has 0 spiro atoms. The topological polar surface area (TPSA) is 93.4 Å². The molecule has 30 heavy (non-hydrogen) atoms. The van der Waals surface area contributed by atoms with Gasteiger partial charge in [0.1, 0.15) is 11.6 Å². The van der Waals surface area contributed by atoms with Crippen molar-refractivity contribution in [2.45, 2.75) is 27.2 Å². The van der Waals surface area contributed by atoms with E-state index < -0.39 is 5.91 Å². The predicted molar refractivity (Wildman–Crippen MR) is 114 cm³/mol. The first-order valence-electron chi connectivity index (χ1n) is 9.78. The Hall–Kier alpha value is -3.37. The van der Waals surface area contributed by atoms with E-state index in [2.05, 4.69) is 5.32 Å². The quantitative estimate of drug-likeness (QED) is 0.297. The van der Waals surface area contributed by atoms with Crippen LogP contribution in [0.2, 0.25) is 0 Å². The molecule has 2 aromatic rings. The average Bonchev–Trinajstić information content (AvgIpc) is 3.02. The molecule has 1 N–H and O–H groups in total. The summed E-state index contributed by atoms with van der Waals surface area (Å²) in [5, 5.41) is 12.1. The fourth-order valence-corrected chi connectivity index (χ4v) is 3.11. The zero-order valence-electron chi connectivity index (χ0n) is 17.8. The third-order valence-corrected chi connectivity index (χ3v) is 4.58. The largest absolute Gasteiger partial charge is 0.462 e. The Morgan fingerprint density at radius 3 is 2.53 bits per heavy atom. The van der Waals surface area contributed by atoms with Crippen molar-refractivity contribution < 1.29 is 19.1 Å². The molecule has 7 nitrogen and oxygen atoms in total. The number of benzene rings is 1. The van der Waals surface area contributed by atoms with Crippen LogP contribution in [-0.2, 0) is 14.3 Å². The van der Waals surface area contributed by atoms with Crippen LogP contribution in [0.1, 0.15) is 40.7 Å². The fraction of sp³-hybridized carbons (Fsp3) is 0.348. The van der Waals surface area contributed by atoms with Crippen molar-refractivity contribution >= 4 is 18.0 Å². The van der Waals surface area contributed by atoms with Crippen molar-refractivity contribution in [1.29, 1.82) is 5.26 Å². The van der Waals surface area contributed by atoms with Gasteiger partial charge in [0.25, 0.3) is 5.91 Å². The Morgan fingerprint density at radius 2 is 1.93 bits per heavy atom. The summed E-state index contributed by atoms with van der Waals surface area (Å²) in [7, 11) is 1.60. The molecule has 0 aliphatic rings. The number of esters is 1. The van der Waals surface area contributed by atoms with Crippen LogP contribution in [0.25, 0.3) is 11.8 Å². The number of carbonyl (C=O) groups excluding carboxylic acids is 2. The number of hydrogen-bond acceptors (Lipinski definition) is 5. The molecule has 0 saturated carbocycles. The Bertz CT molecular complexity index is 966. The minimum absolute atomic E-state index is 0.0466. The minimum Gasteiger partial charge on any atom is -0.462 e. The summed E-state index contributed by atoms with van der Waals surface area (Å²) in [5.74, 6) is -0.763. The van der Waals surface area contributed by atoms with Gasteiger partial charge < -0.3 is 19.4 Å². The van der Waals surface area contributed by atoms with E-state index in [0.29, 0.717) is 31.7 Å². The summed E-state index contributed by atoms with van der Waals surface area (Å²) < 4.78 is 12.0. The van der Waals surface area contributed by atoms with Gasteiger partial charge in [-0.05, 0) is 69.2 Å². The lowest BCUT2D eigenvalue weighted by atomic mass is 10.1. The number of nitrogens with zero attached hydrogens (tertiary/aromatic N) is 2. The Labute approximate surface area is 176 Å². The van der Waals surface area contributed by atoms with E-state index >= 15 is 0 Å².